The molecule has 1 saturated carbocycles. The third-order valence-electron chi connectivity index (χ3n) is 7.60. The highest BCUT2D eigenvalue weighted by atomic mass is 35.5. The van der Waals surface area contributed by atoms with Crippen molar-refractivity contribution in [1.29, 1.82) is 0 Å². The summed E-state index contributed by atoms with van der Waals surface area (Å²) in [6.07, 6.45) is 2.64. The van der Waals surface area contributed by atoms with Crippen molar-refractivity contribution in [3.05, 3.63) is 104 Å². The maximum atomic E-state index is 15.4. The molecule has 0 amide bonds. The van der Waals surface area contributed by atoms with E-state index in [-0.39, 0.29) is 11.1 Å². The van der Waals surface area contributed by atoms with Gasteiger partial charge in [0.1, 0.15) is 0 Å². The Labute approximate surface area is 227 Å². The van der Waals surface area contributed by atoms with Crippen molar-refractivity contribution in [2.24, 2.45) is 0 Å². The van der Waals surface area contributed by atoms with E-state index in [1.165, 1.54) is 35.7 Å². The van der Waals surface area contributed by atoms with Gasteiger partial charge in [0.25, 0.3) is 0 Å². The summed E-state index contributed by atoms with van der Waals surface area (Å²) in [5.74, 6) is -15.8. The first-order chi connectivity index (χ1) is 17.2. The molecular weight excluding hydrogens is 573 g/mol. The van der Waals surface area contributed by atoms with Gasteiger partial charge in [0.2, 0.25) is 0 Å². The molecule has 37 heavy (non-hydrogen) atoms. The molecule has 2 aliphatic carbocycles. The summed E-state index contributed by atoms with van der Waals surface area (Å²) in [6.45, 7) is 3.27. The topological polar surface area (TPSA) is 0 Å². The molecule has 0 N–H and O–H groups in total. The third kappa shape index (κ3) is 2.99. The zero-order valence-corrected chi connectivity index (χ0v) is 22.3. The monoisotopic (exact) mass is 588 g/mol. The van der Waals surface area contributed by atoms with Crippen molar-refractivity contribution in [2.75, 3.05) is 0 Å². The van der Waals surface area contributed by atoms with E-state index in [2.05, 4.69) is 0 Å². The van der Waals surface area contributed by atoms with E-state index in [1.54, 1.807) is 62.4 Å². The van der Waals surface area contributed by atoms with Crippen LogP contribution in [0.15, 0.2) is 83.0 Å². The van der Waals surface area contributed by atoms with Gasteiger partial charge >= 0.3 is 17.8 Å². The fourth-order valence-electron chi connectivity index (χ4n) is 5.50. The molecule has 2 aliphatic heterocycles. The molecule has 0 aromatic heterocycles. The molecule has 1 fully saturated rings. The molecular formula is C27H16Cl2F6S2. The van der Waals surface area contributed by atoms with Gasteiger partial charge in [-0.05, 0) is 49.3 Å². The Hall–Kier alpha value is -1.74. The van der Waals surface area contributed by atoms with Crippen LogP contribution in [0.4, 0.5) is 26.3 Å². The number of benzene rings is 2. The van der Waals surface area contributed by atoms with Gasteiger partial charge in [0.15, 0.2) is 0 Å². The number of allylic oxidation sites excluding steroid dienone is 4. The van der Waals surface area contributed by atoms with Crippen molar-refractivity contribution in [2.45, 2.75) is 41.1 Å². The SMILES string of the molecule is CC12SC(c3ccccc3Cl)=CC1=C1C(=C3C=C(c4ccccc4Cl)SC32C)C(F)(F)C(F)(F)C1(F)F. The minimum atomic E-state index is -5.60. The second kappa shape index (κ2) is 7.68. The Morgan fingerprint density at radius 2 is 0.946 bits per heavy atom. The Bertz CT molecular complexity index is 1410. The quantitative estimate of drug-likeness (QED) is 0.320. The van der Waals surface area contributed by atoms with Crippen LogP contribution in [0.2, 0.25) is 10.0 Å². The summed E-state index contributed by atoms with van der Waals surface area (Å²) in [7, 11) is 0. The fraction of sp³-hybridized carbons (Fsp3) is 0.259. The highest BCUT2D eigenvalue weighted by Gasteiger charge is 2.84. The van der Waals surface area contributed by atoms with E-state index in [0.29, 0.717) is 31.0 Å². The van der Waals surface area contributed by atoms with Crippen LogP contribution in [0.25, 0.3) is 9.81 Å². The van der Waals surface area contributed by atoms with E-state index in [0.717, 1.165) is 0 Å². The number of halogens is 8. The van der Waals surface area contributed by atoms with E-state index in [4.69, 9.17) is 23.2 Å². The van der Waals surface area contributed by atoms with Crippen LogP contribution < -0.4 is 0 Å². The lowest BCUT2D eigenvalue weighted by atomic mass is 9.71. The van der Waals surface area contributed by atoms with Crippen LogP contribution in [0.5, 0.6) is 0 Å². The molecule has 2 atom stereocenters. The van der Waals surface area contributed by atoms with Crippen LogP contribution in [-0.2, 0) is 0 Å². The molecule has 2 aromatic rings. The van der Waals surface area contributed by atoms with E-state index in [1.807, 2.05) is 0 Å². The predicted octanol–water partition coefficient (Wildman–Crippen LogP) is 9.91. The normalized spacial score (nSPS) is 30.6. The lowest BCUT2D eigenvalue weighted by Gasteiger charge is -2.47. The van der Waals surface area contributed by atoms with Crippen LogP contribution in [0.1, 0.15) is 25.0 Å². The lowest BCUT2D eigenvalue weighted by molar-refractivity contribution is -0.258. The Kier molecular flexibility index (Phi) is 5.30. The highest BCUT2D eigenvalue weighted by Crippen LogP contribution is 2.75. The molecule has 2 aromatic carbocycles. The van der Waals surface area contributed by atoms with Gasteiger partial charge < -0.3 is 0 Å². The van der Waals surface area contributed by atoms with Gasteiger partial charge in [-0.15, -0.1) is 23.5 Å². The standard InChI is InChI=1S/C27H16Cl2F6S2/c1-23-15(11-19(36-23)13-7-3-5-9-17(13)28)21-22(26(32,33)27(34,35)25(21,30)31)16-12-20(37-24(16,23)2)14-8-4-6-10-18(14)29/h3-12H,1-2H3. The average molecular weight is 589 g/mol. The van der Waals surface area contributed by atoms with Crippen molar-refractivity contribution in [3.63, 3.8) is 0 Å². The van der Waals surface area contributed by atoms with Crippen LogP contribution in [-0.4, -0.2) is 27.3 Å². The summed E-state index contributed by atoms with van der Waals surface area (Å²) in [4.78, 5) is 0.886. The van der Waals surface area contributed by atoms with Crippen LogP contribution in [0, 0.1) is 0 Å². The zero-order valence-electron chi connectivity index (χ0n) is 19.1. The fourth-order valence-corrected chi connectivity index (χ4v) is 9.29. The van der Waals surface area contributed by atoms with Crippen molar-refractivity contribution < 1.29 is 26.3 Å². The summed E-state index contributed by atoms with van der Waals surface area (Å²) in [5, 5.41) is 0.658. The molecule has 6 rings (SSSR count). The van der Waals surface area contributed by atoms with E-state index in [9.17, 15) is 8.78 Å². The highest BCUT2D eigenvalue weighted by molar-refractivity contribution is 8.14. The Balaban J connectivity index is 1.68. The molecule has 0 saturated heterocycles. The van der Waals surface area contributed by atoms with Crippen LogP contribution >= 0.6 is 46.7 Å². The van der Waals surface area contributed by atoms with Gasteiger partial charge in [-0.25, -0.2) is 0 Å². The zero-order chi connectivity index (χ0) is 26.8. The first-order valence-electron chi connectivity index (χ1n) is 11.1. The molecule has 2 unspecified atom stereocenters. The molecule has 2 heterocycles. The summed E-state index contributed by atoms with van der Waals surface area (Å²) >= 11 is 15.1. The van der Waals surface area contributed by atoms with Crippen molar-refractivity contribution in [3.8, 4) is 0 Å². The number of hydrogen-bond acceptors (Lipinski definition) is 2. The van der Waals surface area contributed by atoms with E-state index >= 15 is 17.6 Å². The van der Waals surface area contributed by atoms with Gasteiger partial charge in [-0.3, -0.25) is 0 Å². The van der Waals surface area contributed by atoms with Crippen molar-refractivity contribution >= 4 is 56.5 Å². The van der Waals surface area contributed by atoms with Crippen molar-refractivity contribution in [1.82, 2.24) is 0 Å². The first kappa shape index (κ1) is 25.5. The minimum absolute atomic E-state index is 0.239. The smallest absolute Gasteiger partial charge is 0.194 e. The maximum absolute atomic E-state index is 15.4. The molecule has 4 aliphatic rings. The summed E-state index contributed by atoms with van der Waals surface area (Å²) in [5.41, 5.74) is -2.07. The third-order valence-corrected chi connectivity index (χ3v) is 11.6. The number of hydrogen-bond donors (Lipinski definition) is 0. The maximum Gasteiger partial charge on any atom is 0.380 e. The van der Waals surface area contributed by atoms with Gasteiger partial charge in [-0.1, -0.05) is 59.6 Å². The Morgan fingerprint density at radius 3 is 1.30 bits per heavy atom. The van der Waals surface area contributed by atoms with Crippen LogP contribution in [0.3, 0.4) is 0 Å². The Morgan fingerprint density at radius 1 is 0.595 bits per heavy atom. The number of fused-ring (bicyclic) bond motifs is 4. The summed E-state index contributed by atoms with van der Waals surface area (Å²) < 4.78 is 88.7. The number of rotatable bonds is 2. The number of alkyl halides is 6. The largest absolute Gasteiger partial charge is 0.380 e. The predicted molar refractivity (Wildman–Crippen MR) is 140 cm³/mol. The first-order valence-corrected chi connectivity index (χ1v) is 13.5. The van der Waals surface area contributed by atoms with Gasteiger partial charge in [0.05, 0.1) is 9.49 Å². The second-order valence-corrected chi connectivity index (χ2v) is 13.3. The molecule has 0 spiro atoms. The second-order valence-electron chi connectivity index (χ2n) is 9.55. The van der Waals surface area contributed by atoms with Gasteiger partial charge in [0, 0.05) is 42.1 Å². The molecule has 10 heteroatoms. The molecule has 192 valence electrons. The molecule has 0 nitrogen and oxygen atoms in total. The lowest BCUT2D eigenvalue weighted by Crippen LogP contribution is -2.48. The minimum Gasteiger partial charge on any atom is -0.194 e. The number of thioether (sulfide) groups is 2. The van der Waals surface area contributed by atoms with E-state index < -0.39 is 38.4 Å². The molecule has 0 radical (unpaired) electrons. The average Bonchev–Trinajstić information content (AvgIpc) is 3.39. The van der Waals surface area contributed by atoms with Gasteiger partial charge in [-0.2, -0.15) is 26.3 Å². The summed E-state index contributed by atoms with van der Waals surface area (Å²) in [6, 6.07) is 13.4. The molecule has 0 bridgehead atoms.